The summed E-state index contributed by atoms with van der Waals surface area (Å²) in [5.74, 6) is 0.513. The van der Waals surface area contributed by atoms with Crippen molar-refractivity contribution in [2.45, 2.75) is 19.3 Å². The molecule has 69 heavy (non-hydrogen) atoms. The Bertz CT molecular complexity index is 3890. The zero-order chi connectivity index (χ0) is 46.1. The van der Waals surface area contributed by atoms with E-state index in [2.05, 4.69) is 208 Å². The molecule has 0 radical (unpaired) electrons. The summed E-state index contributed by atoms with van der Waals surface area (Å²) in [5.41, 5.74) is 8.47. The van der Waals surface area contributed by atoms with Crippen LogP contribution in [0.5, 0.6) is 11.5 Å². The molecule has 6 heteroatoms. The van der Waals surface area contributed by atoms with E-state index < -0.39 is 5.41 Å². The zero-order valence-electron chi connectivity index (χ0n) is 37.5. The number of phenols is 2. The Morgan fingerprint density at radius 1 is 0.275 bits per heavy atom. The maximum atomic E-state index is 12.7. The lowest BCUT2D eigenvalue weighted by molar-refractivity contribution is 0.478. The molecule has 4 heterocycles. The maximum absolute atomic E-state index is 12.7. The average Bonchev–Trinajstić information content (AvgIpc) is 4.16. The van der Waals surface area contributed by atoms with Gasteiger partial charge in [0.25, 0.3) is 0 Å². The molecule has 0 aliphatic heterocycles. The highest BCUT2D eigenvalue weighted by Crippen LogP contribution is 2.50. The Hall–Kier alpha value is -7.32. The van der Waals surface area contributed by atoms with Crippen LogP contribution in [0.2, 0.25) is 0 Å². The molecule has 0 spiro atoms. The van der Waals surface area contributed by atoms with Crippen molar-refractivity contribution in [2.24, 2.45) is 0 Å². The van der Waals surface area contributed by atoms with Gasteiger partial charge < -0.3 is 10.2 Å². The zero-order valence-corrected chi connectivity index (χ0v) is 40.8. The van der Waals surface area contributed by atoms with Crippen LogP contribution in [-0.4, -0.2) is 10.2 Å². The Balaban J connectivity index is 1.01. The van der Waals surface area contributed by atoms with Crippen LogP contribution in [0.1, 0.15) is 25.0 Å². The van der Waals surface area contributed by atoms with Crippen molar-refractivity contribution in [1.82, 2.24) is 0 Å². The lowest BCUT2D eigenvalue weighted by atomic mass is 9.74. The minimum atomic E-state index is -0.620. The fraction of sp³-hybridized carbons (Fsp3) is 0.0476. The number of benzene rings is 10. The smallest absolute Gasteiger partial charge is 0.131 e. The van der Waals surface area contributed by atoms with E-state index in [0.717, 1.165) is 55.6 Å². The number of aromatic hydroxyl groups is 2. The van der Waals surface area contributed by atoms with Crippen LogP contribution in [0.3, 0.4) is 0 Å². The summed E-state index contributed by atoms with van der Waals surface area (Å²) in [5, 5.41) is 35.0. The molecule has 14 aromatic rings. The molecule has 14 rings (SSSR count). The third-order valence-electron chi connectivity index (χ3n) is 14.4. The molecule has 0 saturated heterocycles. The van der Waals surface area contributed by atoms with Crippen LogP contribution >= 0.6 is 45.3 Å². The summed E-state index contributed by atoms with van der Waals surface area (Å²) < 4.78 is 9.87. The Morgan fingerprint density at radius 3 is 0.768 bits per heavy atom. The third kappa shape index (κ3) is 6.40. The van der Waals surface area contributed by atoms with Crippen molar-refractivity contribution in [1.29, 1.82) is 0 Å². The van der Waals surface area contributed by atoms with Crippen LogP contribution in [0.15, 0.2) is 194 Å². The molecule has 10 aromatic carbocycles. The Labute approximate surface area is 413 Å². The number of fused-ring (bicyclic) bond motifs is 12. The summed E-state index contributed by atoms with van der Waals surface area (Å²) in [4.78, 5) is 0. The van der Waals surface area contributed by atoms with Crippen molar-refractivity contribution in [2.75, 3.05) is 0 Å². The van der Waals surface area contributed by atoms with Gasteiger partial charge in [-0.1, -0.05) is 111 Å². The normalized spacial score (nSPS) is 12.3. The van der Waals surface area contributed by atoms with Gasteiger partial charge in [-0.2, -0.15) is 0 Å². The van der Waals surface area contributed by atoms with Gasteiger partial charge in [0, 0.05) is 108 Å². The van der Waals surface area contributed by atoms with Gasteiger partial charge in [0.05, 0.1) is 0 Å². The summed E-state index contributed by atoms with van der Waals surface area (Å²) in [7, 11) is 0. The van der Waals surface area contributed by atoms with Gasteiger partial charge in [-0.3, -0.25) is 0 Å². The van der Waals surface area contributed by atoms with Crippen molar-refractivity contribution in [3.63, 3.8) is 0 Å². The van der Waals surface area contributed by atoms with Gasteiger partial charge in [0.2, 0.25) is 0 Å². The van der Waals surface area contributed by atoms with Gasteiger partial charge in [-0.25, -0.2) is 0 Å². The van der Waals surface area contributed by atoms with E-state index in [1.54, 1.807) is 45.3 Å². The Morgan fingerprint density at radius 2 is 0.507 bits per heavy atom. The second-order valence-corrected chi connectivity index (χ2v) is 23.0. The second-order valence-electron chi connectivity index (χ2n) is 18.7. The van der Waals surface area contributed by atoms with Crippen LogP contribution < -0.4 is 0 Å². The van der Waals surface area contributed by atoms with E-state index in [4.69, 9.17) is 0 Å². The lowest BCUT2D eigenvalue weighted by Crippen LogP contribution is -2.19. The lowest BCUT2D eigenvalue weighted by Gasteiger charge is -2.30. The van der Waals surface area contributed by atoms with Gasteiger partial charge in [-0.05, 0) is 130 Å². The van der Waals surface area contributed by atoms with Crippen LogP contribution in [0, 0.1) is 0 Å². The monoisotopic (exact) mass is 956 g/mol. The van der Waals surface area contributed by atoms with E-state index in [0.29, 0.717) is 0 Å². The molecule has 328 valence electrons. The third-order valence-corrected chi connectivity index (χ3v) is 19.0. The first kappa shape index (κ1) is 40.7. The minimum Gasteiger partial charge on any atom is -0.507 e. The highest BCUT2D eigenvalue weighted by molar-refractivity contribution is 7.27. The molecule has 0 saturated carbocycles. The van der Waals surface area contributed by atoms with Gasteiger partial charge >= 0.3 is 0 Å². The predicted octanol–water partition coefficient (Wildman–Crippen LogP) is 19.6. The van der Waals surface area contributed by atoms with Gasteiger partial charge in [-0.15, -0.1) is 45.3 Å². The Kier molecular flexibility index (Phi) is 9.06. The molecule has 4 aromatic heterocycles. The van der Waals surface area contributed by atoms with Crippen LogP contribution in [0.4, 0.5) is 0 Å². The van der Waals surface area contributed by atoms with Crippen LogP contribution in [-0.2, 0) is 5.41 Å². The van der Waals surface area contributed by atoms with E-state index in [-0.39, 0.29) is 11.5 Å². The van der Waals surface area contributed by atoms with E-state index in [9.17, 15) is 10.2 Å². The van der Waals surface area contributed by atoms with E-state index in [1.165, 1.54) is 80.7 Å². The molecule has 0 bridgehead atoms. The summed E-state index contributed by atoms with van der Waals surface area (Å²) in [6.45, 7) is 4.56. The number of hydrogen-bond acceptors (Lipinski definition) is 6. The maximum Gasteiger partial charge on any atom is 0.131 e. The molecule has 0 aliphatic carbocycles. The molecule has 0 fully saturated rings. The highest BCUT2D eigenvalue weighted by atomic mass is 32.1. The number of rotatable bonds is 6. The molecule has 0 atom stereocenters. The molecular formula is C63H40O2S4. The number of thiophene rings is 4. The number of hydrogen-bond donors (Lipinski definition) is 2. The largest absolute Gasteiger partial charge is 0.507 e. The van der Waals surface area contributed by atoms with E-state index >= 15 is 0 Å². The second kappa shape index (κ2) is 15.3. The quantitative estimate of drug-likeness (QED) is 0.174. The molecule has 0 aliphatic rings. The fourth-order valence-electron chi connectivity index (χ4n) is 10.6. The van der Waals surface area contributed by atoms with Crippen molar-refractivity contribution >= 4 is 126 Å². The SMILES string of the molecule is CC(C)(c1cc(-c2ccc3sc4ccccc4c3c2)c(O)c(-c2ccc3sc4ccccc4c3c2)c1)c1cc(-c2ccc3sc4ccccc4c3c2)c(O)c(-c2ccc3sc4ccccc4c3c2)c1. The van der Waals surface area contributed by atoms with Crippen molar-refractivity contribution in [3.05, 3.63) is 205 Å². The fourth-order valence-corrected chi connectivity index (χ4v) is 15.0. The molecule has 2 N–H and O–H groups in total. The first-order valence-corrected chi connectivity index (χ1v) is 26.4. The van der Waals surface area contributed by atoms with Crippen LogP contribution in [0.25, 0.3) is 125 Å². The van der Waals surface area contributed by atoms with E-state index in [1.807, 2.05) is 0 Å². The van der Waals surface area contributed by atoms with Crippen molar-refractivity contribution < 1.29 is 10.2 Å². The summed E-state index contributed by atoms with van der Waals surface area (Å²) in [6.07, 6.45) is 0. The predicted molar refractivity (Wildman–Crippen MR) is 302 cm³/mol. The average molecular weight is 957 g/mol. The first-order chi connectivity index (χ1) is 33.7. The summed E-state index contributed by atoms with van der Waals surface area (Å²) >= 11 is 7.20. The summed E-state index contributed by atoms with van der Waals surface area (Å²) in [6, 6.07) is 69.6. The van der Waals surface area contributed by atoms with Gasteiger partial charge in [0.1, 0.15) is 11.5 Å². The van der Waals surface area contributed by atoms with Crippen molar-refractivity contribution in [3.8, 4) is 56.0 Å². The molecule has 0 unspecified atom stereocenters. The number of phenolic OH excluding ortho intramolecular Hbond substituents is 2. The molecule has 2 nitrogen and oxygen atoms in total. The first-order valence-electron chi connectivity index (χ1n) is 23.2. The van der Waals surface area contributed by atoms with Gasteiger partial charge in [0.15, 0.2) is 0 Å². The molecular weight excluding hydrogens is 917 g/mol. The molecule has 0 amide bonds. The standard InChI is InChI=1S/C63H40O2S4/c1-63(2,39-31-45(35-19-23-57-49(27-35)41-11-3-7-15-53(41)66-57)61(64)46(32-39)36-20-24-58-50(28-36)42-12-4-8-16-54(42)67-58)40-33-47(37-21-25-59-51(29-37)43-13-5-9-17-55(43)68-59)62(65)48(34-40)38-22-26-60-52(30-38)44-14-6-10-18-56(44)69-60/h3-34,64-65H,1-2H3. The topological polar surface area (TPSA) is 40.5 Å². The minimum absolute atomic E-state index is 0.256. The highest BCUT2D eigenvalue weighted by Gasteiger charge is 2.30.